The number of nitrogens with zero attached hydrogens (tertiary/aromatic N) is 1. The number of carbonyl (C=O) groups is 2. The molecule has 248 valence electrons. The lowest BCUT2D eigenvalue weighted by Crippen LogP contribution is -2.45. The molecule has 5 atom stereocenters. The highest BCUT2D eigenvalue weighted by Crippen LogP contribution is 2.23. The van der Waals surface area contributed by atoms with Crippen molar-refractivity contribution in [1.82, 2.24) is 4.90 Å². The van der Waals surface area contributed by atoms with Gasteiger partial charge in [0.15, 0.2) is 0 Å². The minimum atomic E-state index is -0.750. The van der Waals surface area contributed by atoms with Crippen LogP contribution in [-0.4, -0.2) is 73.6 Å². The van der Waals surface area contributed by atoms with Gasteiger partial charge in [0, 0.05) is 38.3 Å². The standard InChI is InChI=1S/C35H67NO6/c1-7-11-13-15-17-19-21-31(39-9-3)27-29(5)36(25-23-34(37)42-33-24-26-41-35(33)38)30(6)28-32(40-10-4)22-20-18-16-14-12-8-2/h29-33H,7-28H2,1-6H3. The van der Waals surface area contributed by atoms with E-state index in [9.17, 15) is 9.59 Å². The molecular weight excluding hydrogens is 530 g/mol. The van der Waals surface area contributed by atoms with Crippen LogP contribution in [0.5, 0.6) is 0 Å². The van der Waals surface area contributed by atoms with Crippen molar-refractivity contribution in [2.24, 2.45) is 0 Å². The molecule has 1 aliphatic rings. The third-order valence-corrected chi connectivity index (χ3v) is 8.64. The highest BCUT2D eigenvalue weighted by molar-refractivity contribution is 5.80. The molecule has 0 aromatic carbocycles. The van der Waals surface area contributed by atoms with E-state index in [1.807, 2.05) is 0 Å². The van der Waals surface area contributed by atoms with Crippen LogP contribution in [0, 0.1) is 0 Å². The molecular formula is C35H67NO6. The van der Waals surface area contributed by atoms with E-state index in [1.54, 1.807) is 0 Å². The Labute approximate surface area is 259 Å². The summed E-state index contributed by atoms with van der Waals surface area (Å²) in [6, 6.07) is 0.495. The number of hydrogen-bond donors (Lipinski definition) is 0. The highest BCUT2D eigenvalue weighted by Gasteiger charge is 2.31. The van der Waals surface area contributed by atoms with Crippen LogP contribution in [-0.2, 0) is 28.5 Å². The lowest BCUT2D eigenvalue weighted by molar-refractivity contribution is -0.160. The van der Waals surface area contributed by atoms with Crippen molar-refractivity contribution < 1.29 is 28.5 Å². The molecule has 7 heteroatoms. The Balaban J connectivity index is 2.80. The van der Waals surface area contributed by atoms with Gasteiger partial charge in [-0.05, 0) is 53.4 Å². The zero-order chi connectivity index (χ0) is 31.0. The fourth-order valence-corrected chi connectivity index (χ4v) is 6.24. The monoisotopic (exact) mass is 597 g/mol. The van der Waals surface area contributed by atoms with Gasteiger partial charge in [-0.1, -0.05) is 90.9 Å². The third-order valence-electron chi connectivity index (χ3n) is 8.64. The fraction of sp³-hybridized carbons (Fsp3) is 0.943. The molecule has 0 spiro atoms. The normalized spacial score (nSPS) is 18.2. The van der Waals surface area contributed by atoms with E-state index in [4.69, 9.17) is 18.9 Å². The van der Waals surface area contributed by atoms with Gasteiger partial charge in [-0.15, -0.1) is 0 Å². The lowest BCUT2D eigenvalue weighted by atomic mass is 9.98. The Morgan fingerprint density at radius 2 is 1.26 bits per heavy atom. The largest absolute Gasteiger partial charge is 0.463 e. The van der Waals surface area contributed by atoms with E-state index in [-0.39, 0.29) is 36.7 Å². The number of unbranched alkanes of at least 4 members (excludes halogenated alkanes) is 10. The summed E-state index contributed by atoms with van der Waals surface area (Å²) in [6.45, 7) is 15.6. The number of rotatable bonds is 28. The van der Waals surface area contributed by atoms with Crippen LogP contribution in [0.2, 0.25) is 0 Å². The topological polar surface area (TPSA) is 74.3 Å². The van der Waals surface area contributed by atoms with E-state index < -0.39 is 12.1 Å². The van der Waals surface area contributed by atoms with Crippen LogP contribution in [0.4, 0.5) is 0 Å². The minimum Gasteiger partial charge on any atom is -0.463 e. The maximum Gasteiger partial charge on any atom is 0.347 e. The van der Waals surface area contributed by atoms with E-state index in [0.29, 0.717) is 19.6 Å². The Morgan fingerprint density at radius 3 is 1.69 bits per heavy atom. The van der Waals surface area contributed by atoms with Crippen LogP contribution in [0.15, 0.2) is 0 Å². The van der Waals surface area contributed by atoms with Gasteiger partial charge in [0.1, 0.15) is 0 Å². The Bertz CT molecular complexity index is 640. The minimum absolute atomic E-state index is 0.219. The van der Waals surface area contributed by atoms with Gasteiger partial charge in [0.25, 0.3) is 0 Å². The first-order chi connectivity index (χ1) is 20.4. The summed E-state index contributed by atoms with van der Waals surface area (Å²) in [4.78, 5) is 27.0. The molecule has 7 nitrogen and oxygen atoms in total. The molecule has 0 saturated carbocycles. The zero-order valence-corrected chi connectivity index (χ0v) is 28.3. The predicted molar refractivity (Wildman–Crippen MR) is 172 cm³/mol. The Kier molecular flexibility index (Phi) is 23.3. The molecule has 42 heavy (non-hydrogen) atoms. The van der Waals surface area contributed by atoms with E-state index in [2.05, 4.69) is 46.4 Å². The van der Waals surface area contributed by atoms with Crippen molar-refractivity contribution in [2.45, 2.75) is 188 Å². The molecule has 0 amide bonds. The maximum atomic E-state index is 12.7. The first-order valence-electron chi connectivity index (χ1n) is 17.7. The van der Waals surface area contributed by atoms with Gasteiger partial charge < -0.3 is 18.9 Å². The number of cyclic esters (lactones) is 1. The molecule has 0 aliphatic carbocycles. The first kappa shape index (κ1) is 38.8. The number of carbonyl (C=O) groups excluding carboxylic acids is 2. The molecule has 1 heterocycles. The zero-order valence-electron chi connectivity index (χ0n) is 28.3. The second-order valence-electron chi connectivity index (χ2n) is 12.4. The number of esters is 2. The average molecular weight is 598 g/mol. The summed E-state index contributed by atoms with van der Waals surface area (Å²) in [7, 11) is 0. The van der Waals surface area contributed by atoms with Gasteiger partial charge in [-0.25, -0.2) is 4.79 Å². The summed E-state index contributed by atoms with van der Waals surface area (Å²) in [6.07, 6.45) is 19.8. The second-order valence-corrected chi connectivity index (χ2v) is 12.4. The Hall–Kier alpha value is -1.18. The first-order valence-corrected chi connectivity index (χ1v) is 17.7. The molecule has 5 unspecified atom stereocenters. The predicted octanol–water partition coefficient (Wildman–Crippen LogP) is 8.41. The van der Waals surface area contributed by atoms with Gasteiger partial charge in [-0.3, -0.25) is 9.69 Å². The van der Waals surface area contributed by atoms with Crippen LogP contribution >= 0.6 is 0 Å². The van der Waals surface area contributed by atoms with Crippen molar-refractivity contribution in [2.75, 3.05) is 26.4 Å². The average Bonchev–Trinajstić information content (AvgIpc) is 3.36. The molecule has 1 saturated heterocycles. The lowest BCUT2D eigenvalue weighted by Gasteiger charge is -2.37. The molecule has 0 N–H and O–H groups in total. The van der Waals surface area contributed by atoms with Crippen molar-refractivity contribution in [3.05, 3.63) is 0 Å². The maximum absolute atomic E-state index is 12.7. The van der Waals surface area contributed by atoms with E-state index in [1.165, 1.54) is 77.0 Å². The molecule has 1 rings (SSSR count). The van der Waals surface area contributed by atoms with Gasteiger partial charge in [-0.2, -0.15) is 0 Å². The van der Waals surface area contributed by atoms with Crippen molar-refractivity contribution in [3.8, 4) is 0 Å². The van der Waals surface area contributed by atoms with Crippen molar-refractivity contribution >= 4 is 11.9 Å². The summed E-state index contributed by atoms with van der Waals surface area (Å²) >= 11 is 0. The van der Waals surface area contributed by atoms with Crippen molar-refractivity contribution in [3.63, 3.8) is 0 Å². The molecule has 0 aromatic heterocycles. The summed E-state index contributed by atoms with van der Waals surface area (Å²) < 4.78 is 22.9. The second kappa shape index (κ2) is 25.2. The van der Waals surface area contributed by atoms with Gasteiger partial charge in [0.05, 0.1) is 25.2 Å². The fourth-order valence-electron chi connectivity index (χ4n) is 6.24. The Morgan fingerprint density at radius 1 is 0.786 bits per heavy atom. The smallest absolute Gasteiger partial charge is 0.347 e. The van der Waals surface area contributed by atoms with Crippen LogP contribution in [0.3, 0.4) is 0 Å². The molecule has 1 fully saturated rings. The van der Waals surface area contributed by atoms with E-state index >= 15 is 0 Å². The third kappa shape index (κ3) is 17.8. The molecule has 0 aromatic rings. The summed E-state index contributed by atoms with van der Waals surface area (Å²) in [5, 5.41) is 0. The molecule has 1 aliphatic heterocycles. The SMILES string of the molecule is CCCCCCCCC(CC(C)N(CCC(=O)OC1CCOC1=O)C(C)CC(CCCCCCCC)OCC)OCC. The number of ether oxygens (including phenoxy) is 4. The van der Waals surface area contributed by atoms with Gasteiger partial charge in [0.2, 0.25) is 6.10 Å². The quantitative estimate of drug-likeness (QED) is 0.0662. The van der Waals surface area contributed by atoms with Gasteiger partial charge >= 0.3 is 11.9 Å². The van der Waals surface area contributed by atoms with Crippen LogP contribution in [0.1, 0.15) is 157 Å². The van der Waals surface area contributed by atoms with Crippen molar-refractivity contribution in [1.29, 1.82) is 0 Å². The van der Waals surface area contributed by atoms with Crippen LogP contribution in [0.25, 0.3) is 0 Å². The molecule has 0 radical (unpaired) electrons. The molecule has 0 bridgehead atoms. The summed E-state index contributed by atoms with van der Waals surface area (Å²) in [5.41, 5.74) is 0. The highest BCUT2D eigenvalue weighted by atomic mass is 16.6. The number of hydrogen-bond acceptors (Lipinski definition) is 7. The summed E-state index contributed by atoms with van der Waals surface area (Å²) in [5.74, 6) is -0.754. The van der Waals surface area contributed by atoms with Crippen LogP contribution < -0.4 is 0 Å². The van der Waals surface area contributed by atoms with E-state index in [0.717, 1.165) is 38.9 Å².